The Morgan fingerprint density at radius 1 is 1.45 bits per heavy atom. The van der Waals surface area contributed by atoms with Crippen molar-refractivity contribution < 1.29 is 9.53 Å². The first-order chi connectivity index (χ1) is 5.42. The molecular formula is C9H8O2. The van der Waals surface area contributed by atoms with Crippen molar-refractivity contribution in [2.75, 3.05) is 6.61 Å². The highest BCUT2D eigenvalue weighted by Gasteiger charge is 2.26. The second-order valence-electron chi connectivity index (χ2n) is 2.57. The summed E-state index contributed by atoms with van der Waals surface area (Å²) in [6.07, 6.45) is 1.05. The summed E-state index contributed by atoms with van der Waals surface area (Å²) in [6, 6.07) is 7.52. The van der Waals surface area contributed by atoms with Gasteiger partial charge in [0.15, 0.2) is 0 Å². The van der Waals surface area contributed by atoms with Crippen LogP contribution in [0.3, 0.4) is 0 Å². The topological polar surface area (TPSA) is 29.6 Å². The second-order valence-corrected chi connectivity index (χ2v) is 2.57. The number of benzene rings is 1. The number of rotatable bonds is 2. The van der Waals surface area contributed by atoms with Crippen LogP contribution in [0.15, 0.2) is 24.3 Å². The van der Waals surface area contributed by atoms with Crippen LogP contribution in [0.25, 0.3) is 0 Å². The van der Waals surface area contributed by atoms with Crippen molar-refractivity contribution in [1.29, 1.82) is 0 Å². The smallest absolute Gasteiger partial charge is 0.150 e. The largest absolute Gasteiger partial charge is 0.368 e. The van der Waals surface area contributed by atoms with Crippen molar-refractivity contribution in [2.45, 2.75) is 6.10 Å². The van der Waals surface area contributed by atoms with Gasteiger partial charge < -0.3 is 4.74 Å². The van der Waals surface area contributed by atoms with E-state index in [2.05, 4.69) is 0 Å². The fourth-order valence-electron chi connectivity index (χ4n) is 1.14. The lowest BCUT2D eigenvalue weighted by Gasteiger charge is -1.97. The zero-order valence-electron chi connectivity index (χ0n) is 5.99. The second kappa shape index (κ2) is 2.47. The van der Waals surface area contributed by atoms with Crippen LogP contribution in [0.5, 0.6) is 0 Å². The molecule has 1 aliphatic heterocycles. The molecule has 0 N–H and O–H groups in total. The van der Waals surface area contributed by atoms with Gasteiger partial charge in [0.05, 0.1) is 6.61 Å². The summed E-state index contributed by atoms with van der Waals surface area (Å²) in [5.74, 6) is 0. The molecule has 1 unspecified atom stereocenters. The van der Waals surface area contributed by atoms with E-state index >= 15 is 0 Å². The first kappa shape index (κ1) is 6.55. The van der Waals surface area contributed by atoms with Crippen molar-refractivity contribution in [2.24, 2.45) is 0 Å². The fourth-order valence-corrected chi connectivity index (χ4v) is 1.14. The van der Waals surface area contributed by atoms with E-state index in [0.717, 1.165) is 24.0 Å². The molecule has 1 aromatic carbocycles. The molecule has 0 amide bonds. The maximum absolute atomic E-state index is 10.5. The molecule has 1 aliphatic rings. The predicted molar refractivity (Wildman–Crippen MR) is 40.5 cm³/mol. The molecule has 1 fully saturated rings. The van der Waals surface area contributed by atoms with Crippen molar-refractivity contribution >= 4 is 6.29 Å². The molecule has 1 saturated heterocycles. The van der Waals surface area contributed by atoms with Gasteiger partial charge in [0.2, 0.25) is 0 Å². The van der Waals surface area contributed by atoms with E-state index in [1.807, 2.05) is 24.3 Å². The van der Waals surface area contributed by atoms with Crippen molar-refractivity contribution in [3.05, 3.63) is 35.4 Å². The number of epoxide rings is 1. The first-order valence-electron chi connectivity index (χ1n) is 3.57. The Balaban J connectivity index is 2.42. The Morgan fingerprint density at radius 2 is 2.18 bits per heavy atom. The molecule has 2 rings (SSSR count). The van der Waals surface area contributed by atoms with Gasteiger partial charge in [-0.3, -0.25) is 4.79 Å². The first-order valence-corrected chi connectivity index (χ1v) is 3.57. The van der Waals surface area contributed by atoms with Gasteiger partial charge in [-0.25, -0.2) is 0 Å². The lowest BCUT2D eigenvalue weighted by molar-refractivity contribution is 0.112. The summed E-state index contributed by atoms with van der Waals surface area (Å²) in [6.45, 7) is 0.755. The van der Waals surface area contributed by atoms with Gasteiger partial charge in [-0.15, -0.1) is 0 Å². The molecule has 1 aromatic rings. The predicted octanol–water partition coefficient (Wildman–Crippen LogP) is 1.57. The van der Waals surface area contributed by atoms with E-state index in [4.69, 9.17) is 4.74 Å². The molecule has 0 aliphatic carbocycles. The van der Waals surface area contributed by atoms with Crippen molar-refractivity contribution in [1.82, 2.24) is 0 Å². The lowest BCUT2D eigenvalue weighted by atomic mass is 10.1. The molecule has 0 radical (unpaired) electrons. The van der Waals surface area contributed by atoms with Crippen molar-refractivity contribution in [3.63, 3.8) is 0 Å². The van der Waals surface area contributed by atoms with Gasteiger partial charge in [-0.1, -0.05) is 24.3 Å². The third kappa shape index (κ3) is 1.17. The number of hydrogen-bond donors (Lipinski definition) is 0. The highest BCUT2D eigenvalue weighted by molar-refractivity contribution is 5.77. The molecule has 0 bridgehead atoms. The molecule has 1 atom stereocenters. The molecule has 1 heterocycles. The van der Waals surface area contributed by atoms with E-state index in [1.54, 1.807) is 0 Å². The number of aldehydes is 1. The van der Waals surface area contributed by atoms with E-state index in [9.17, 15) is 4.79 Å². The third-order valence-electron chi connectivity index (χ3n) is 1.80. The van der Waals surface area contributed by atoms with Crippen LogP contribution in [0.1, 0.15) is 22.0 Å². The van der Waals surface area contributed by atoms with E-state index in [-0.39, 0.29) is 6.10 Å². The molecule has 0 saturated carbocycles. The summed E-state index contributed by atoms with van der Waals surface area (Å²) in [5, 5.41) is 0. The summed E-state index contributed by atoms with van der Waals surface area (Å²) in [4.78, 5) is 10.5. The van der Waals surface area contributed by atoms with Crippen LogP contribution in [0.4, 0.5) is 0 Å². The normalized spacial score (nSPS) is 21.3. The standard InChI is InChI=1S/C9H8O2/c10-5-7-3-1-2-4-8(7)9-6-11-9/h1-5,9H,6H2. The Labute approximate surface area is 64.8 Å². The Morgan fingerprint density at radius 3 is 2.82 bits per heavy atom. The van der Waals surface area contributed by atoms with Gasteiger partial charge in [-0.05, 0) is 5.56 Å². The van der Waals surface area contributed by atoms with Gasteiger partial charge >= 0.3 is 0 Å². The summed E-state index contributed by atoms with van der Waals surface area (Å²) in [5.41, 5.74) is 1.76. The number of carbonyl (C=O) groups excluding carboxylic acids is 1. The summed E-state index contributed by atoms with van der Waals surface area (Å²) in [7, 11) is 0. The minimum Gasteiger partial charge on any atom is -0.368 e. The van der Waals surface area contributed by atoms with Gasteiger partial charge in [0.25, 0.3) is 0 Å². The van der Waals surface area contributed by atoms with Gasteiger partial charge in [0, 0.05) is 5.56 Å². The molecular weight excluding hydrogens is 140 g/mol. The maximum Gasteiger partial charge on any atom is 0.150 e. The SMILES string of the molecule is O=Cc1ccccc1C1CO1. The number of ether oxygens (including phenoxy) is 1. The third-order valence-corrected chi connectivity index (χ3v) is 1.80. The monoisotopic (exact) mass is 148 g/mol. The molecule has 2 nitrogen and oxygen atoms in total. The number of hydrogen-bond acceptors (Lipinski definition) is 2. The fraction of sp³-hybridized carbons (Fsp3) is 0.222. The average molecular weight is 148 g/mol. The molecule has 11 heavy (non-hydrogen) atoms. The minimum atomic E-state index is 0.177. The summed E-state index contributed by atoms with van der Waals surface area (Å²) >= 11 is 0. The average Bonchev–Trinajstić information content (AvgIpc) is 2.87. The van der Waals surface area contributed by atoms with Gasteiger partial charge in [0.1, 0.15) is 12.4 Å². The van der Waals surface area contributed by atoms with Crippen LogP contribution in [-0.2, 0) is 4.74 Å². The number of carbonyl (C=O) groups is 1. The zero-order valence-corrected chi connectivity index (χ0v) is 5.99. The molecule has 0 aromatic heterocycles. The van der Waals surface area contributed by atoms with Crippen LogP contribution in [-0.4, -0.2) is 12.9 Å². The highest BCUT2D eigenvalue weighted by Crippen LogP contribution is 2.31. The minimum absolute atomic E-state index is 0.177. The quantitative estimate of drug-likeness (QED) is 0.470. The summed E-state index contributed by atoms with van der Waals surface area (Å²) < 4.78 is 5.08. The van der Waals surface area contributed by atoms with E-state index in [0.29, 0.717) is 0 Å². The van der Waals surface area contributed by atoms with Crippen LogP contribution in [0.2, 0.25) is 0 Å². The van der Waals surface area contributed by atoms with E-state index < -0.39 is 0 Å². The van der Waals surface area contributed by atoms with Crippen LogP contribution < -0.4 is 0 Å². The molecule has 56 valence electrons. The Hall–Kier alpha value is -1.15. The molecule has 2 heteroatoms. The Kier molecular flexibility index (Phi) is 1.47. The van der Waals surface area contributed by atoms with Crippen LogP contribution >= 0.6 is 0 Å². The van der Waals surface area contributed by atoms with Crippen LogP contribution in [0, 0.1) is 0 Å². The maximum atomic E-state index is 10.5. The molecule has 0 spiro atoms. The van der Waals surface area contributed by atoms with Gasteiger partial charge in [-0.2, -0.15) is 0 Å². The zero-order chi connectivity index (χ0) is 7.68. The highest BCUT2D eigenvalue weighted by atomic mass is 16.6. The van der Waals surface area contributed by atoms with E-state index in [1.165, 1.54) is 0 Å². The Bertz CT molecular complexity index is 277. The lowest BCUT2D eigenvalue weighted by Crippen LogP contribution is -1.88. The van der Waals surface area contributed by atoms with Crippen molar-refractivity contribution in [3.8, 4) is 0 Å².